The van der Waals surface area contributed by atoms with Gasteiger partial charge in [0.2, 0.25) is 5.75 Å². The van der Waals surface area contributed by atoms with Crippen molar-refractivity contribution < 1.29 is 32.2 Å². The third-order valence-corrected chi connectivity index (χ3v) is 2.94. The van der Waals surface area contributed by atoms with Crippen LogP contribution >= 0.6 is 0 Å². The van der Waals surface area contributed by atoms with Gasteiger partial charge in [0.1, 0.15) is 5.82 Å². The normalized spacial score (nSPS) is 11.1. The number of carbonyl (C=O) groups excluding carboxylic acids is 2. The molecule has 0 unspecified atom stereocenters. The minimum Gasteiger partial charge on any atom is -0.453 e. The second-order valence-corrected chi connectivity index (χ2v) is 4.99. The van der Waals surface area contributed by atoms with Crippen LogP contribution in [0, 0.1) is 22.9 Å². The molecule has 0 fully saturated rings. The predicted octanol–water partition coefficient (Wildman–Crippen LogP) is 2.99. The zero-order valence-corrected chi connectivity index (χ0v) is 11.8. The summed E-state index contributed by atoms with van der Waals surface area (Å²) in [5.41, 5.74) is -0.785. The van der Waals surface area contributed by atoms with Crippen molar-refractivity contribution in [3.05, 3.63) is 29.6 Å². The highest BCUT2D eigenvalue weighted by molar-refractivity contribution is 5.80. The number of benzene rings is 1. The monoisotopic (exact) mass is 304 g/mol. The average Bonchev–Trinajstić information content (AvgIpc) is 2.39. The second-order valence-electron chi connectivity index (χ2n) is 4.99. The molecule has 0 aliphatic heterocycles. The van der Waals surface area contributed by atoms with Gasteiger partial charge in [-0.25, -0.2) is 18.0 Å². The molecule has 0 bridgehead atoms. The van der Waals surface area contributed by atoms with Crippen LogP contribution in [0.2, 0.25) is 0 Å². The summed E-state index contributed by atoms with van der Waals surface area (Å²) < 4.78 is 48.3. The van der Waals surface area contributed by atoms with Crippen molar-refractivity contribution in [1.82, 2.24) is 0 Å². The van der Waals surface area contributed by atoms with E-state index in [0.29, 0.717) is 18.6 Å². The molecule has 0 saturated heterocycles. The van der Waals surface area contributed by atoms with Crippen molar-refractivity contribution in [2.24, 2.45) is 5.41 Å². The summed E-state index contributed by atoms with van der Waals surface area (Å²) in [6.45, 7) is 4.22. The van der Waals surface area contributed by atoms with E-state index in [4.69, 9.17) is 4.74 Å². The van der Waals surface area contributed by atoms with E-state index in [2.05, 4.69) is 4.74 Å². The third kappa shape index (κ3) is 4.47. The summed E-state index contributed by atoms with van der Waals surface area (Å²) in [5, 5.41) is 0. The van der Waals surface area contributed by atoms with E-state index in [1.165, 1.54) is 0 Å². The molecule has 0 spiro atoms. The van der Waals surface area contributed by atoms with Gasteiger partial charge in [-0.3, -0.25) is 4.79 Å². The lowest BCUT2D eigenvalue weighted by Gasteiger charge is -2.19. The van der Waals surface area contributed by atoms with E-state index in [1.807, 2.05) is 0 Å². The van der Waals surface area contributed by atoms with Crippen LogP contribution in [-0.4, -0.2) is 18.5 Å². The van der Waals surface area contributed by atoms with Crippen LogP contribution in [0.25, 0.3) is 0 Å². The third-order valence-electron chi connectivity index (χ3n) is 2.94. The van der Waals surface area contributed by atoms with Gasteiger partial charge in [-0.1, -0.05) is 6.92 Å². The van der Waals surface area contributed by atoms with E-state index >= 15 is 0 Å². The first-order chi connectivity index (χ1) is 9.67. The molecule has 1 aromatic rings. The zero-order chi connectivity index (χ0) is 16.2. The van der Waals surface area contributed by atoms with Crippen LogP contribution in [-0.2, 0) is 14.3 Å². The molecule has 1 rings (SSSR count). The highest BCUT2D eigenvalue weighted by Crippen LogP contribution is 2.23. The first kappa shape index (κ1) is 17.0. The Bertz CT molecular complexity index is 532. The average molecular weight is 304 g/mol. The van der Waals surface area contributed by atoms with E-state index < -0.39 is 47.2 Å². The van der Waals surface area contributed by atoms with Crippen LogP contribution in [0.4, 0.5) is 13.2 Å². The van der Waals surface area contributed by atoms with Crippen LogP contribution in [0.5, 0.6) is 5.75 Å². The summed E-state index contributed by atoms with van der Waals surface area (Å²) >= 11 is 0. The van der Waals surface area contributed by atoms with Gasteiger partial charge >= 0.3 is 11.9 Å². The maximum Gasteiger partial charge on any atom is 0.349 e. The number of halogens is 3. The Morgan fingerprint density at radius 2 is 1.67 bits per heavy atom. The molecule has 0 N–H and O–H groups in total. The van der Waals surface area contributed by atoms with Gasteiger partial charge in [0.05, 0.1) is 5.41 Å². The fourth-order valence-electron chi connectivity index (χ4n) is 1.23. The zero-order valence-electron chi connectivity index (χ0n) is 11.8. The molecule has 0 amide bonds. The quantitative estimate of drug-likeness (QED) is 0.620. The van der Waals surface area contributed by atoms with Crippen molar-refractivity contribution in [3.8, 4) is 5.75 Å². The topological polar surface area (TPSA) is 52.6 Å². The Balaban J connectivity index is 2.66. The maximum absolute atomic E-state index is 13.2. The molecule has 21 heavy (non-hydrogen) atoms. The molecule has 0 aliphatic rings. The number of hydrogen-bond donors (Lipinski definition) is 0. The van der Waals surface area contributed by atoms with E-state index in [-0.39, 0.29) is 0 Å². The molecule has 7 heteroatoms. The summed E-state index contributed by atoms with van der Waals surface area (Å²) in [5.74, 6) is -6.70. The molecule has 0 heterocycles. The van der Waals surface area contributed by atoms with Gasteiger partial charge in [-0.2, -0.15) is 0 Å². The van der Waals surface area contributed by atoms with Crippen molar-refractivity contribution in [2.75, 3.05) is 6.61 Å². The highest BCUT2D eigenvalue weighted by atomic mass is 19.1. The minimum atomic E-state index is -1.36. The summed E-state index contributed by atoms with van der Waals surface area (Å²) in [4.78, 5) is 23.0. The first-order valence-corrected chi connectivity index (χ1v) is 6.20. The van der Waals surface area contributed by atoms with E-state index in [9.17, 15) is 22.8 Å². The molecular weight excluding hydrogens is 289 g/mol. The molecule has 0 saturated carbocycles. The lowest BCUT2D eigenvalue weighted by Crippen LogP contribution is -2.29. The lowest BCUT2D eigenvalue weighted by molar-refractivity contribution is -0.161. The van der Waals surface area contributed by atoms with Gasteiger partial charge in [0, 0.05) is 12.1 Å². The molecule has 116 valence electrons. The van der Waals surface area contributed by atoms with Gasteiger partial charge in [0.15, 0.2) is 18.2 Å². The maximum atomic E-state index is 13.2. The second kappa shape index (κ2) is 6.60. The fourth-order valence-corrected chi connectivity index (χ4v) is 1.23. The van der Waals surface area contributed by atoms with Crippen molar-refractivity contribution in [3.63, 3.8) is 0 Å². The van der Waals surface area contributed by atoms with Crippen molar-refractivity contribution >= 4 is 11.9 Å². The van der Waals surface area contributed by atoms with Crippen LogP contribution in [0.3, 0.4) is 0 Å². The van der Waals surface area contributed by atoms with Gasteiger partial charge in [-0.05, 0) is 20.3 Å². The largest absolute Gasteiger partial charge is 0.453 e. The predicted molar refractivity (Wildman–Crippen MR) is 67.0 cm³/mol. The van der Waals surface area contributed by atoms with Crippen molar-refractivity contribution in [1.29, 1.82) is 0 Å². The number of carbonyl (C=O) groups is 2. The SMILES string of the molecule is CCC(C)(C)C(=O)OCC(=O)Oc1c(F)cc(F)cc1F. The Hall–Kier alpha value is -2.05. The van der Waals surface area contributed by atoms with Gasteiger partial charge < -0.3 is 9.47 Å². The van der Waals surface area contributed by atoms with E-state index in [0.717, 1.165) is 0 Å². The standard InChI is InChI=1S/C14H15F3O4/c1-4-14(2,3)13(19)20-7-11(18)21-12-9(16)5-8(15)6-10(12)17/h5-6H,4,7H2,1-3H3. The molecule has 0 aliphatic carbocycles. The molecule has 0 radical (unpaired) electrons. The molecule has 0 atom stereocenters. The number of rotatable bonds is 5. The Kier molecular flexibility index (Phi) is 5.34. The molecule has 0 aromatic heterocycles. The minimum absolute atomic E-state index is 0.373. The molecule has 1 aromatic carbocycles. The number of ether oxygens (including phenoxy) is 2. The summed E-state index contributed by atoms with van der Waals surface area (Å²) in [7, 11) is 0. The number of hydrogen-bond acceptors (Lipinski definition) is 4. The summed E-state index contributed by atoms with van der Waals surface area (Å²) in [6, 6.07) is 0.746. The van der Waals surface area contributed by atoms with Gasteiger partial charge in [0.25, 0.3) is 0 Å². The summed E-state index contributed by atoms with van der Waals surface area (Å²) in [6.07, 6.45) is 0.488. The van der Waals surface area contributed by atoms with E-state index in [1.54, 1.807) is 20.8 Å². The Labute approximate surface area is 119 Å². The van der Waals surface area contributed by atoms with Gasteiger partial charge in [-0.15, -0.1) is 0 Å². The lowest BCUT2D eigenvalue weighted by atomic mass is 9.91. The van der Waals surface area contributed by atoms with Crippen LogP contribution in [0.1, 0.15) is 27.2 Å². The van der Waals surface area contributed by atoms with Crippen molar-refractivity contribution in [2.45, 2.75) is 27.2 Å². The van der Waals surface area contributed by atoms with Crippen LogP contribution in [0.15, 0.2) is 12.1 Å². The fraction of sp³-hybridized carbons (Fsp3) is 0.429. The number of esters is 2. The highest BCUT2D eigenvalue weighted by Gasteiger charge is 2.28. The smallest absolute Gasteiger partial charge is 0.349 e. The first-order valence-electron chi connectivity index (χ1n) is 6.20. The molecular formula is C14H15F3O4. The molecule has 4 nitrogen and oxygen atoms in total. The van der Waals surface area contributed by atoms with Crippen LogP contribution < -0.4 is 4.74 Å². The Morgan fingerprint density at radius 1 is 1.14 bits per heavy atom. The Morgan fingerprint density at radius 3 is 2.14 bits per heavy atom.